The van der Waals surface area contributed by atoms with Crippen LogP contribution in [0.4, 0.5) is 0 Å². The van der Waals surface area contributed by atoms with Crippen molar-refractivity contribution < 1.29 is 4.79 Å². The van der Waals surface area contributed by atoms with Gasteiger partial charge in [-0.2, -0.15) is 0 Å². The van der Waals surface area contributed by atoms with E-state index in [1.54, 1.807) is 23.7 Å². The van der Waals surface area contributed by atoms with Gasteiger partial charge >= 0.3 is 0 Å². The standard InChI is InChI=1S/C19H19N3OS/c1-13-5-7-15(8-6-13)11-21-18(23)10-17-14(2)22-19(24-17)16-4-3-9-20-12-16/h3-9,12H,10-11H2,1-2H3,(H,21,23). The zero-order valence-corrected chi connectivity index (χ0v) is 14.6. The molecule has 1 amide bonds. The number of pyridine rings is 1. The van der Waals surface area contributed by atoms with E-state index in [-0.39, 0.29) is 5.91 Å². The summed E-state index contributed by atoms with van der Waals surface area (Å²) >= 11 is 1.55. The largest absolute Gasteiger partial charge is 0.352 e. The van der Waals surface area contributed by atoms with Crippen LogP contribution in [0.3, 0.4) is 0 Å². The molecule has 5 heteroatoms. The van der Waals surface area contributed by atoms with Crippen molar-refractivity contribution in [1.29, 1.82) is 0 Å². The topological polar surface area (TPSA) is 54.9 Å². The van der Waals surface area contributed by atoms with Gasteiger partial charge in [0.2, 0.25) is 5.91 Å². The highest BCUT2D eigenvalue weighted by molar-refractivity contribution is 7.15. The molecule has 0 saturated carbocycles. The molecular weight excluding hydrogens is 318 g/mol. The minimum absolute atomic E-state index is 0.0139. The second-order valence-corrected chi connectivity index (χ2v) is 6.79. The van der Waals surface area contributed by atoms with Crippen molar-refractivity contribution >= 4 is 17.2 Å². The number of carbonyl (C=O) groups excluding carboxylic acids is 1. The first-order valence-corrected chi connectivity index (χ1v) is 8.62. The molecule has 0 spiro atoms. The predicted octanol–water partition coefficient (Wildman–Crippen LogP) is 3.68. The Labute approximate surface area is 145 Å². The van der Waals surface area contributed by atoms with Crippen LogP contribution in [-0.2, 0) is 17.8 Å². The molecule has 4 nitrogen and oxygen atoms in total. The van der Waals surface area contributed by atoms with Crippen LogP contribution in [0.15, 0.2) is 48.8 Å². The monoisotopic (exact) mass is 337 g/mol. The lowest BCUT2D eigenvalue weighted by Crippen LogP contribution is -2.24. The van der Waals surface area contributed by atoms with Gasteiger partial charge in [-0.25, -0.2) is 4.98 Å². The average molecular weight is 337 g/mol. The molecule has 0 aliphatic carbocycles. The summed E-state index contributed by atoms with van der Waals surface area (Å²) in [6.45, 7) is 4.54. The van der Waals surface area contributed by atoms with Crippen molar-refractivity contribution in [1.82, 2.24) is 15.3 Å². The minimum atomic E-state index is 0.0139. The van der Waals surface area contributed by atoms with Crippen molar-refractivity contribution in [3.05, 3.63) is 70.5 Å². The number of aryl methyl sites for hydroxylation is 2. The van der Waals surface area contributed by atoms with E-state index in [1.165, 1.54) is 5.56 Å². The summed E-state index contributed by atoms with van der Waals surface area (Å²) in [5, 5.41) is 3.88. The summed E-state index contributed by atoms with van der Waals surface area (Å²) < 4.78 is 0. The van der Waals surface area contributed by atoms with Gasteiger partial charge in [-0.3, -0.25) is 9.78 Å². The lowest BCUT2D eigenvalue weighted by atomic mass is 10.1. The molecule has 2 aromatic heterocycles. The number of amides is 1. The van der Waals surface area contributed by atoms with Gasteiger partial charge < -0.3 is 5.32 Å². The third kappa shape index (κ3) is 4.06. The fourth-order valence-electron chi connectivity index (χ4n) is 2.32. The van der Waals surface area contributed by atoms with Gasteiger partial charge in [-0.15, -0.1) is 11.3 Å². The summed E-state index contributed by atoms with van der Waals surface area (Å²) in [6, 6.07) is 12.0. The van der Waals surface area contributed by atoms with Gasteiger partial charge in [0.15, 0.2) is 0 Å². The molecule has 122 valence electrons. The minimum Gasteiger partial charge on any atom is -0.352 e. The van der Waals surface area contributed by atoms with Gasteiger partial charge in [0.25, 0.3) is 0 Å². The molecular formula is C19H19N3OS. The van der Waals surface area contributed by atoms with Crippen LogP contribution in [-0.4, -0.2) is 15.9 Å². The van der Waals surface area contributed by atoms with Gasteiger partial charge in [0.05, 0.1) is 12.1 Å². The first kappa shape index (κ1) is 16.3. The van der Waals surface area contributed by atoms with Crippen molar-refractivity contribution in [2.75, 3.05) is 0 Å². The third-order valence-electron chi connectivity index (χ3n) is 3.73. The van der Waals surface area contributed by atoms with E-state index in [0.29, 0.717) is 13.0 Å². The van der Waals surface area contributed by atoms with Crippen molar-refractivity contribution in [3.63, 3.8) is 0 Å². The van der Waals surface area contributed by atoms with Crippen LogP contribution in [0.5, 0.6) is 0 Å². The summed E-state index contributed by atoms with van der Waals surface area (Å²) in [7, 11) is 0. The molecule has 0 fully saturated rings. The number of thiazole rings is 1. The second-order valence-electron chi connectivity index (χ2n) is 5.71. The van der Waals surface area contributed by atoms with Crippen LogP contribution in [0.25, 0.3) is 10.6 Å². The highest BCUT2D eigenvalue weighted by atomic mass is 32.1. The average Bonchev–Trinajstić information content (AvgIpc) is 2.96. The van der Waals surface area contributed by atoms with Crippen molar-refractivity contribution in [2.24, 2.45) is 0 Å². The smallest absolute Gasteiger partial charge is 0.225 e. The highest BCUT2D eigenvalue weighted by Crippen LogP contribution is 2.27. The Kier molecular flexibility index (Phi) is 5.01. The molecule has 0 radical (unpaired) electrons. The molecule has 0 bridgehead atoms. The number of aromatic nitrogens is 2. The van der Waals surface area contributed by atoms with Crippen LogP contribution in [0.2, 0.25) is 0 Å². The van der Waals surface area contributed by atoms with E-state index in [1.807, 2.05) is 31.2 Å². The molecule has 3 rings (SSSR count). The first-order chi connectivity index (χ1) is 11.6. The normalized spacial score (nSPS) is 10.6. The zero-order valence-electron chi connectivity index (χ0n) is 13.7. The predicted molar refractivity (Wildman–Crippen MR) is 96.8 cm³/mol. The van der Waals surface area contributed by atoms with E-state index in [0.717, 1.165) is 26.7 Å². The maximum absolute atomic E-state index is 12.2. The molecule has 3 aromatic rings. The lowest BCUT2D eigenvalue weighted by Gasteiger charge is -2.05. The number of nitrogens with one attached hydrogen (secondary N) is 1. The van der Waals surface area contributed by atoms with E-state index in [2.05, 4.69) is 34.3 Å². The Hall–Kier alpha value is -2.53. The van der Waals surface area contributed by atoms with E-state index >= 15 is 0 Å². The number of benzene rings is 1. The summed E-state index contributed by atoms with van der Waals surface area (Å²) in [4.78, 5) is 21.9. The number of carbonyl (C=O) groups is 1. The summed E-state index contributed by atoms with van der Waals surface area (Å²) in [5.74, 6) is 0.0139. The SMILES string of the molecule is Cc1ccc(CNC(=O)Cc2sc(-c3cccnc3)nc2C)cc1. The van der Waals surface area contributed by atoms with E-state index in [4.69, 9.17) is 0 Å². The van der Waals surface area contributed by atoms with Crippen molar-refractivity contribution in [2.45, 2.75) is 26.8 Å². The molecule has 0 atom stereocenters. The molecule has 1 aromatic carbocycles. The lowest BCUT2D eigenvalue weighted by molar-refractivity contribution is -0.120. The third-order valence-corrected chi connectivity index (χ3v) is 4.94. The fraction of sp³-hybridized carbons (Fsp3) is 0.211. The van der Waals surface area contributed by atoms with Crippen LogP contribution in [0, 0.1) is 13.8 Å². The van der Waals surface area contributed by atoms with E-state index in [9.17, 15) is 4.79 Å². The number of hydrogen-bond donors (Lipinski definition) is 1. The first-order valence-electron chi connectivity index (χ1n) is 7.81. The van der Waals surface area contributed by atoms with Crippen LogP contribution >= 0.6 is 11.3 Å². The number of rotatable bonds is 5. The van der Waals surface area contributed by atoms with Crippen LogP contribution < -0.4 is 5.32 Å². The van der Waals surface area contributed by atoms with Gasteiger partial charge in [0.1, 0.15) is 5.01 Å². The molecule has 1 N–H and O–H groups in total. The summed E-state index contributed by atoms with van der Waals surface area (Å²) in [5.41, 5.74) is 4.21. The molecule has 0 aliphatic rings. The Morgan fingerprint density at radius 2 is 1.96 bits per heavy atom. The molecule has 2 heterocycles. The van der Waals surface area contributed by atoms with Gasteiger partial charge in [-0.1, -0.05) is 29.8 Å². The Morgan fingerprint density at radius 3 is 2.67 bits per heavy atom. The fourth-order valence-corrected chi connectivity index (χ4v) is 3.37. The molecule has 24 heavy (non-hydrogen) atoms. The highest BCUT2D eigenvalue weighted by Gasteiger charge is 2.13. The van der Waals surface area contributed by atoms with Gasteiger partial charge in [-0.05, 0) is 31.5 Å². The molecule has 0 saturated heterocycles. The molecule has 0 aliphatic heterocycles. The van der Waals surface area contributed by atoms with Crippen LogP contribution in [0.1, 0.15) is 21.7 Å². The Bertz CT molecular complexity index is 826. The summed E-state index contributed by atoms with van der Waals surface area (Å²) in [6.07, 6.45) is 3.89. The number of nitrogens with zero attached hydrogens (tertiary/aromatic N) is 2. The Balaban J connectivity index is 1.62. The quantitative estimate of drug-likeness (QED) is 0.773. The van der Waals surface area contributed by atoms with Crippen molar-refractivity contribution in [3.8, 4) is 10.6 Å². The molecule has 0 unspecified atom stereocenters. The second kappa shape index (κ2) is 7.36. The zero-order chi connectivity index (χ0) is 16.9. The number of hydrogen-bond acceptors (Lipinski definition) is 4. The maximum Gasteiger partial charge on any atom is 0.225 e. The Morgan fingerprint density at radius 1 is 1.17 bits per heavy atom. The van der Waals surface area contributed by atoms with Gasteiger partial charge in [0, 0.05) is 29.4 Å². The maximum atomic E-state index is 12.2. The van der Waals surface area contributed by atoms with E-state index < -0.39 is 0 Å².